The lowest BCUT2D eigenvalue weighted by atomic mass is 10.2. The predicted octanol–water partition coefficient (Wildman–Crippen LogP) is 5.04. The van der Waals surface area contributed by atoms with Gasteiger partial charge in [0.05, 0.1) is 13.2 Å². The van der Waals surface area contributed by atoms with Crippen molar-refractivity contribution >= 4 is 20.1 Å². The highest BCUT2D eigenvalue weighted by molar-refractivity contribution is 6.74. The molecule has 1 rings (SSSR count). The lowest BCUT2D eigenvalue weighted by Gasteiger charge is -2.36. The summed E-state index contributed by atoms with van der Waals surface area (Å²) < 4.78 is 17.6. The van der Waals surface area contributed by atoms with E-state index in [0.29, 0.717) is 31.2 Å². The molecule has 0 fully saturated rings. The first-order chi connectivity index (χ1) is 12.6. The highest BCUT2D eigenvalue weighted by Crippen LogP contribution is 2.37. The van der Waals surface area contributed by atoms with Gasteiger partial charge in [-0.3, -0.25) is 0 Å². The van der Waals surface area contributed by atoms with Crippen LogP contribution in [0.2, 0.25) is 18.1 Å². The van der Waals surface area contributed by atoms with Crippen LogP contribution in [-0.2, 0) is 15.8 Å². The van der Waals surface area contributed by atoms with Gasteiger partial charge in [-0.15, -0.1) is 0 Å². The highest BCUT2D eigenvalue weighted by Gasteiger charge is 2.37. The number of nitrogens with two attached hydrogens (primary N) is 1. The topological polar surface area (TPSA) is 74.0 Å². The average Bonchev–Trinajstić information content (AvgIpc) is 2.51. The molecule has 0 heterocycles. The van der Waals surface area contributed by atoms with Crippen LogP contribution in [0.25, 0.3) is 0 Å². The van der Waals surface area contributed by atoms with Gasteiger partial charge in [-0.25, -0.2) is 4.79 Å². The fourth-order valence-electron chi connectivity index (χ4n) is 2.02. The van der Waals surface area contributed by atoms with Gasteiger partial charge in [0.15, 0.2) is 8.32 Å². The van der Waals surface area contributed by atoms with Gasteiger partial charge in [0.1, 0.15) is 18.0 Å². The van der Waals surface area contributed by atoms with E-state index in [2.05, 4.69) is 33.9 Å². The molecule has 6 nitrogen and oxygen atoms in total. The molecule has 28 heavy (non-hydrogen) atoms. The Balaban J connectivity index is 2.71. The number of benzene rings is 1. The summed E-state index contributed by atoms with van der Waals surface area (Å²) in [5.74, 6) is 0.691. The maximum Gasteiger partial charge on any atom is 0.410 e. The van der Waals surface area contributed by atoms with Crippen LogP contribution >= 0.6 is 0 Å². The van der Waals surface area contributed by atoms with Gasteiger partial charge in [0.2, 0.25) is 0 Å². The van der Waals surface area contributed by atoms with Crippen molar-refractivity contribution in [1.29, 1.82) is 0 Å². The van der Waals surface area contributed by atoms with E-state index in [9.17, 15) is 4.79 Å². The van der Waals surface area contributed by atoms with Crippen molar-refractivity contribution in [2.75, 3.05) is 25.9 Å². The van der Waals surface area contributed by atoms with Crippen LogP contribution in [0.3, 0.4) is 0 Å². The molecule has 0 saturated carbocycles. The smallest absolute Gasteiger partial charge is 0.410 e. The van der Waals surface area contributed by atoms with E-state index in [1.807, 2.05) is 32.9 Å². The third-order valence-electron chi connectivity index (χ3n) is 4.88. The number of nitrogen functional groups attached to an aromatic ring is 1. The zero-order valence-electron chi connectivity index (χ0n) is 19.0. The van der Waals surface area contributed by atoms with Crippen LogP contribution in [0.1, 0.15) is 47.1 Å². The van der Waals surface area contributed by atoms with Crippen molar-refractivity contribution in [3.8, 4) is 5.75 Å². The Morgan fingerprint density at radius 2 is 1.75 bits per heavy atom. The minimum absolute atomic E-state index is 0.137. The summed E-state index contributed by atoms with van der Waals surface area (Å²) >= 11 is 0. The lowest BCUT2D eigenvalue weighted by Crippen LogP contribution is -2.40. The molecule has 0 aliphatic rings. The second kappa shape index (κ2) is 9.18. The van der Waals surface area contributed by atoms with Crippen LogP contribution < -0.4 is 10.5 Å². The Morgan fingerprint density at radius 3 is 2.29 bits per heavy atom. The summed E-state index contributed by atoms with van der Waals surface area (Å²) in [6, 6.07) is 5.59. The normalized spacial score (nSPS) is 12.6. The van der Waals surface area contributed by atoms with Crippen molar-refractivity contribution < 1.29 is 18.7 Å². The zero-order valence-corrected chi connectivity index (χ0v) is 20.0. The zero-order chi connectivity index (χ0) is 21.8. The van der Waals surface area contributed by atoms with Gasteiger partial charge < -0.3 is 24.5 Å². The van der Waals surface area contributed by atoms with E-state index in [1.54, 1.807) is 13.1 Å². The van der Waals surface area contributed by atoms with Crippen LogP contribution in [0.4, 0.5) is 10.5 Å². The van der Waals surface area contributed by atoms with Crippen LogP contribution in [0, 0.1) is 0 Å². The van der Waals surface area contributed by atoms with Crippen molar-refractivity contribution in [2.45, 2.75) is 71.9 Å². The van der Waals surface area contributed by atoms with Gasteiger partial charge in [0.25, 0.3) is 0 Å². The Morgan fingerprint density at radius 1 is 1.14 bits per heavy atom. The van der Waals surface area contributed by atoms with E-state index in [1.165, 1.54) is 4.90 Å². The molecule has 0 radical (unpaired) electrons. The number of likely N-dealkylation sites (N-methyl/N-ethyl adjacent to an activating group) is 1. The number of ether oxygens (including phenoxy) is 2. The summed E-state index contributed by atoms with van der Waals surface area (Å²) in [6.45, 7) is 17.8. The molecule has 0 spiro atoms. The van der Waals surface area contributed by atoms with Crippen molar-refractivity contribution in [2.24, 2.45) is 0 Å². The third-order valence-corrected chi connectivity index (χ3v) is 9.35. The highest BCUT2D eigenvalue weighted by atomic mass is 28.4. The molecular weight excluding hydrogens is 372 g/mol. The van der Waals surface area contributed by atoms with Gasteiger partial charge in [-0.2, -0.15) is 0 Å². The second-order valence-corrected chi connectivity index (χ2v) is 14.5. The molecular formula is C21H38N2O4Si. The molecule has 7 heteroatoms. The molecule has 1 aromatic rings. The largest absolute Gasteiger partial charge is 0.491 e. The SMILES string of the molecule is CN(CCOc1cc(N)ccc1CO[Si](C)(C)C(C)(C)C)C(=O)OC(C)(C)C. The average molecular weight is 411 g/mol. The van der Waals surface area contributed by atoms with E-state index in [0.717, 1.165) is 5.56 Å². The summed E-state index contributed by atoms with van der Waals surface area (Å²) in [5, 5.41) is 0.137. The number of carbonyl (C=O) groups excluding carboxylic acids is 1. The molecule has 1 amide bonds. The van der Waals surface area contributed by atoms with Crippen molar-refractivity contribution in [1.82, 2.24) is 4.90 Å². The molecule has 0 aromatic heterocycles. The van der Waals surface area contributed by atoms with E-state index >= 15 is 0 Å². The first-order valence-corrected chi connectivity index (χ1v) is 12.6. The van der Waals surface area contributed by atoms with E-state index in [-0.39, 0.29) is 11.1 Å². The molecule has 0 unspecified atom stereocenters. The number of nitrogens with zero attached hydrogens (tertiary/aromatic N) is 1. The summed E-state index contributed by atoms with van der Waals surface area (Å²) in [6.07, 6.45) is -0.370. The Bertz CT molecular complexity index is 663. The first-order valence-electron chi connectivity index (χ1n) is 9.72. The minimum Gasteiger partial charge on any atom is -0.491 e. The molecule has 0 atom stereocenters. The minimum atomic E-state index is -1.87. The van der Waals surface area contributed by atoms with Crippen LogP contribution in [0.5, 0.6) is 5.75 Å². The second-order valence-electron chi connectivity index (χ2n) is 9.67. The molecule has 0 aliphatic carbocycles. The number of amides is 1. The molecule has 160 valence electrons. The number of rotatable bonds is 7. The molecule has 0 aliphatic heterocycles. The molecule has 0 bridgehead atoms. The van der Waals surface area contributed by atoms with Crippen LogP contribution in [-0.4, -0.2) is 45.1 Å². The van der Waals surface area contributed by atoms with E-state index < -0.39 is 13.9 Å². The maximum absolute atomic E-state index is 12.0. The third kappa shape index (κ3) is 7.71. The molecule has 2 N–H and O–H groups in total. The number of anilines is 1. The Kier molecular flexibility index (Phi) is 7.97. The molecule has 0 saturated heterocycles. The first kappa shape index (κ1) is 24.3. The quantitative estimate of drug-likeness (QED) is 0.504. The van der Waals surface area contributed by atoms with Gasteiger partial charge in [0, 0.05) is 24.4 Å². The van der Waals surface area contributed by atoms with Gasteiger partial charge >= 0.3 is 6.09 Å². The van der Waals surface area contributed by atoms with Crippen molar-refractivity contribution in [3.63, 3.8) is 0 Å². The number of hydrogen-bond acceptors (Lipinski definition) is 5. The number of carbonyl (C=O) groups is 1. The van der Waals surface area contributed by atoms with Gasteiger partial charge in [-0.1, -0.05) is 26.8 Å². The molecule has 1 aromatic carbocycles. The fraction of sp³-hybridized carbons (Fsp3) is 0.667. The predicted molar refractivity (Wildman–Crippen MR) is 117 cm³/mol. The Hall–Kier alpha value is -1.73. The summed E-state index contributed by atoms with van der Waals surface area (Å²) in [5.41, 5.74) is 7.00. The fourth-order valence-corrected chi connectivity index (χ4v) is 2.97. The van der Waals surface area contributed by atoms with E-state index in [4.69, 9.17) is 19.6 Å². The Labute approximate surface area is 171 Å². The lowest BCUT2D eigenvalue weighted by molar-refractivity contribution is 0.0278. The van der Waals surface area contributed by atoms with Crippen LogP contribution in [0.15, 0.2) is 18.2 Å². The number of hydrogen-bond donors (Lipinski definition) is 1. The maximum atomic E-state index is 12.0. The summed E-state index contributed by atoms with van der Waals surface area (Å²) in [7, 11) is -0.175. The van der Waals surface area contributed by atoms with Crippen molar-refractivity contribution in [3.05, 3.63) is 23.8 Å². The summed E-state index contributed by atoms with van der Waals surface area (Å²) in [4.78, 5) is 13.5. The monoisotopic (exact) mass is 410 g/mol. The standard InChI is InChI=1S/C21H38N2O4Si/c1-20(2,3)27-19(24)23(7)12-13-25-18-14-17(22)11-10-16(18)15-26-28(8,9)21(4,5)6/h10-11,14H,12-13,15,22H2,1-9H3. The van der Waals surface area contributed by atoms with Gasteiger partial charge in [-0.05, 0) is 45.0 Å².